The van der Waals surface area contributed by atoms with E-state index in [2.05, 4.69) is 43.2 Å². The number of ether oxygens (including phenoxy) is 2. The summed E-state index contributed by atoms with van der Waals surface area (Å²) in [5, 5.41) is 3.56. The molecular formula is C21H35N5O2. The Bertz CT molecular complexity index is 627. The van der Waals surface area contributed by atoms with Gasteiger partial charge < -0.3 is 24.6 Å². The third kappa shape index (κ3) is 5.75. The summed E-state index contributed by atoms with van der Waals surface area (Å²) in [5.74, 6) is 1.92. The molecule has 0 atom stereocenters. The maximum absolute atomic E-state index is 5.35. The lowest BCUT2D eigenvalue weighted by atomic mass is 10.2. The lowest BCUT2D eigenvalue weighted by Crippen LogP contribution is -2.53. The van der Waals surface area contributed by atoms with Crippen LogP contribution in [0.5, 0.6) is 5.75 Å². The van der Waals surface area contributed by atoms with Gasteiger partial charge in [-0.25, -0.2) is 0 Å². The predicted molar refractivity (Wildman–Crippen MR) is 115 cm³/mol. The number of piperazine rings is 1. The Labute approximate surface area is 169 Å². The van der Waals surface area contributed by atoms with E-state index < -0.39 is 0 Å². The summed E-state index contributed by atoms with van der Waals surface area (Å²) < 4.78 is 10.6. The van der Waals surface area contributed by atoms with Crippen LogP contribution in [-0.2, 0) is 4.74 Å². The van der Waals surface area contributed by atoms with Gasteiger partial charge in [0.2, 0.25) is 0 Å². The van der Waals surface area contributed by atoms with E-state index in [4.69, 9.17) is 9.47 Å². The number of rotatable bonds is 9. The molecular weight excluding hydrogens is 354 g/mol. The first-order valence-electron chi connectivity index (χ1n) is 10.3. The van der Waals surface area contributed by atoms with E-state index in [0.29, 0.717) is 0 Å². The second-order valence-electron chi connectivity index (χ2n) is 7.41. The first-order chi connectivity index (χ1) is 13.7. The summed E-state index contributed by atoms with van der Waals surface area (Å²) in [6.45, 7) is 7.67. The highest BCUT2D eigenvalue weighted by atomic mass is 16.5. The van der Waals surface area contributed by atoms with Crippen LogP contribution in [0.4, 0.5) is 5.69 Å². The van der Waals surface area contributed by atoms with E-state index in [1.54, 1.807) is 14.2 Å². The smallest absolute Gasteiger partial charge is 0.193 e. The third-order valence-corrected chi connectivity index (χ3v) is 5.54. The van der Waals surface area contributed by atoms with Crippen molar-refractivity contribution in [3.63, 3.8) is 0 Å². The van der Waals surface area contributed by atoms with Crippen LogP contribution < -0.4 is 15.0 Å². The van der Waals surface area contributed by atoms with Crippen molar-refractivity contribution in [2.24, 2.45) is 4.99 Å². The molecule has 1 N–H and O–H groups in total. The van der Waals surface area contributed by atoms with Gasteiger partial charge in [0.1, 0.15) is 5.75 Å². The Balaban J connectivity index is 1.44. The number of hydrogen-bond donors (Lipinski definition) is 1. The number of anilines is 1. The van der Waals surface area contributed by atoms with Gasteiger partial charge in [0.25, 0.3) is 0 Å². The second-order valence-corrected chi connectivity index (χ2v) is 7.41. The highest BCUT2D eigenvalue weighted by Crippen LogP contribution is 2.26. The standard InChI is InChI=1S/C21H35N5O2/c1-22-21(23-9-10-24(15-16-27-2)18-7-8-18)26-13-11-25(12-14-26)19-5-4-6-20(17-19)28-3/h4-6,17-18H,7-16H2,1-3H3,(H,22,23). The van der Waals surface area contributed by atoms with Crippen molar-refractivity contribution in [1.29, 1.82) is 0 Å². The molecule has 1 saturated heterocycles. The van der Waals surface area contributed by atoms with Crippen LogP contribution in [0.1, 0.15) is 12.8 Å². The van der Waals surface area contributed by atoms with Crippen LogP contribution in [0.2, 0.25) is 0 Å². The van der Waals surface area contributed by atoms with Crippen molar-refractivity contribution in [2.45, 2.75) is 18.9 Å². The van der Waals surface area contributed by atoms with Crippen LogP contribution in [0, 0.1) is 0 Å². The van der Waals surface area contributed by atoms with Gasteiger partial charge in [-0.1, -0.05) is 6.07 Å². The van der Waals surface area contributed by atoms with Gasteiger partial charge in [0, 0.05) is 77.8 Å². The molecule has 1 heterocycles. The number of nitrogens with one attached hydrogen (secondary N) is 1. The fourth-order valence-electron chi connectivity index (χ4n) is 3.75. The van der Waals surface area contributed by atoms with E-state index in [0.717, 1.165) is 70.2 Å². The summed E-state index contributed by atoms with van der Waals surface area (Å²) in [7, 11) is 5.36. The van der Waals surface area contributed by atoms with Crippen LogP contribution in [-0.4, -0.2) is 95.5 Å². The fraction of sp³-hybridized carbons (Fsp3) is 0.667. The first kappa shape index (κ1) is 20.7. The highest BCUT2D eigenvalue weighted by molar-refractivity contribution is 5.80. The van der Waals surface area contributed by atoms with Crippen LogP contribution in [0.25, 0.3) is 0 Å². The molecule has 0 aromatic heterocycles. The summed E-state index contributed by atoms with van der Waals surface area (Å²) in [4.78, 5) is 11.8. The Hall–Kier alpha value is -1.99. The molecule has 0 radical (unpaired) electrons. The molecule has 3 rings (SSSR count). The molecule has 1 aliphatic heterocycles. The van der Waals surface area contributed by atoms with Crippen molar-refractivity contribution in [2.75, 3.05) is 78.6 Å². The Morgan fingerprint density at radius 2 is 1.96 bits per heavy atom. The molecule has 1 aromatic carbocycles. The molecule has 0 spiro atoms. The maximum Gasteiger partial charge on any atom is 0.193 e. The number of aliphatic imine (C=N–C) groups is 1. The molecule has 1 saturated carbocycles. The van der Waals surface area contributed by atoms with Gasteiger partial charge in [0.05, 0.1) is 13.7 Å². The highest BCUT2D eigenvalue weighted by Gasteiger charge is 2.28. The molecule has 28 heavy (non-hydrogen) atoms. The normalized spacial score (nSPS) is 17.9. The third-order valence-electron chi connectivity index (χ3n) is 5.54. The molecule has 2 fully saturated rings. The Kier molecular flexibility index (Phi) is 7.80. The van der Waals surface area contributed by atoms with Gasteiger partial charge in [-0.3, -0.25) is 9.89 Å². The average molecular weight is 390 g/mol. The number of hydrogen-bond acceptors (Lipinski definition) is 5. The van der Waals surface area contributed by atoms with E-state index in [-0.39, 0.29) is 0 Å². The van der Waals surface area contributed by atoms with E-state index >= 15 is 0 Å². The van der Waals surface area contributed by atoms with Crippen molar-refractivity contribution in [1.82, 2.24) is 15.1 Å². The molecule has 0 amide bonds. The van der Waals surface area contributed by atoms with Crippen molar-refractivity contribution >= 4 is 11.6 Å². The van der Waals surface area contributed by atoms with E-state index in [1.165, 1.54) is 18.5 Å². The zero-order valence-corrected chi connectivity index (χ0v) is 17.6. The summed E-state index contributed by atoms with van der Waals surface area (Å²) in [6, 6.07) is 9.05. The lowest BCUT2D eigenvalue weighted by molar-refractivity contribution is 0.144. The summed E-state index contributed by atoms with van der Waals surface area (Å²) in [5.41, 5.74) is 1.22. The minimum Gasteiger partial charge on any atom is -0.497 e. The van der Waals surface area contributed by atoms with Gasteiger partial charge in [-0.15, -0.1) is 0 Å². The molecule has 156 valence electrons. The van der Waals surface area contributed by atoms with Gasteiger partial charge in [-0.2, -0.15) is 0 Å². The Morgan fingerprint density at radius 3 is 2.61 bits per heavy atom. The van der Waals surface area contributed by atoms with Crippen molar-refractivity contribution in [3.8, 4) is 5.75 Å². The summed E-state index contributed by atoms with van der Waals surface area (Å²) in [6.07, 6.45) is 2.65. The molecule has 2 aliphatic rings. The number of benzene rings is 1. The summed E-state index contributed by atoms with van der Waals surface area (Å²) >= 11 is 0. The molecule has 0 unspecified atom stereocenters. The van der Waals surface area contributed by atoms with Crippen LogP contribution >= 0.6 is 0 Å². The fourth-order valence-corrected chi connectivity index (χ4v) is 3.75. The minimum atomic E-state index is 0.755. The number of methoxy groups -OCH3 is 2. The van der Waals surface area contributed by atoms with E-state index in [9.17, 15) is 0 Å². The minimum absolute atomic E-state index is 0.755. The zero-order chi connectivity index (χ0) is 19.8. The van der Waals surface area contributed by atoms with Crippen LogP contribution in [0.15, 0.2) is 29.3 Å². The molecule has 0 bridgehead atoms. The lowest BCUT2D eigenvalue weighted by Gasteiger charge is -2.38. The molecule has 7 heteroatoms. The largest absolute Gasteiger partial charge is 0.497 e. The zero-order valence-electron chi connectivity index (χ0n) is 17.6. The van der Waals surface area contributed by atoms with Crippen LogP contribution in [0.3, 0.4) is 0 Å². The first-order valence-corrected chi connectivity index (χ1v) is 10.3. The molecule has 1 aliphatic carbocycles. The number of nitrogens with zero attached hydrogens (tertiary/aromatic N) is 4. The van der Waals surface area contributed by atoms with Gasteiger partial charge in [-0.05, 0) is 25.0 Å². The van der Waals surface area contributed by atoms with Gasteiger partial charge in [0.15, 0.2) is 5.96 Å². The molecule has 7 nitrogen and oxygen atoms in total. The maximum atomic E-state index is 5.35. The number of guanidine groups is 1. The Morgan fingerprint density at radius 1 is 1.18 bits per heavy atom. The van der Waals surface area contributed by atoms with E-state index in [1.807, 2.05) is 13.1 Å². The van der Waals surface area contributed by atoms with Crippen molar-refractivity contribution < 1.29 is 9.47 Å². The predicted octanol–water partition coefficient (Wildman–Crippen LogP) is 1.50. The monoisotopic (exact) mass is 389 g/mol. The van der Waals surface area contributed by atoms with Crippen molar-refractivity contribution in [3.05, 3.63) is 24.3 Å². The molecule has 1 aromatic rings. The second kappa shape index (κ2) is 10.5. The van der Waals surface area contributed by atoms with Gasteiger partial charge >= 0.3 is 0 Å². The topological polar surface area (TPSA) is 52.6 Å². The average Bonchev–Trinajstić information content (AvgIpc) is 3.59. The SMILES string of the molecule is CN=C(NCCN(CCOC)C1CC1)N1CCN(c2cccc(OC)c2)CC1. The quantitative estimate of drug-likeness (QED) is 0.510.